The van der Waals surface area contributed by atoms with Crippen LogP contribution in [-0.4, -0.2) is 17.3 Å². The van der Waals surface area contributed by atoms with Crippen LogP contribution in [0.25, 0.3) is 0 Å². The maximum atomic E-state index is 5.82. The standard InChI is InChI=1S/C12H13ClN2S2/c1-9-8-17-12(15-9)16-7-6-14-11-4-2-10(13)3-5-11/h2-5,8,14H,6-7H2,1H3. The van der Waals surface area contributed by atoms with Crippen LogP contribution in [0, 0.1) is 6.92 Å². The van der Waals surface area contributed by atoms with Crippen molar-refractivity contribution in [2.45, 2.75) is 11.3 Å². The number of aryl methyl sites for hydroxylation is 1. The fraction of sp³-hybridized carbons (Fsp3) is 0.250. The van der Waals surface area contributed by atoms with E-state index in [4.69, 9.17) is 11.6 Å². The molecule has 1 aromatic heterocycles. The van der Waals surface area contributed by atoms with Gasteiger partial charge in [0.05, 0.1) is 0 Å². The van der Waals surface area contributed by atoms with E-state index in [2.05, 4.69) is 15.7 Å². The molecule has 1 heterocycles. The molecule has 0 aliphatic carbocycles. The number of thiazole rings is 1. The lowest BCUT2D eigenvalue weighted by Gasteiger charge is -2.04. The third-order valence-electron chi connectivity index (χ3n) is 2.10. The SMILES string of the molecule is Cc1csc(SCCNc2ccc(Cl)cc2)n1. The number of aromatic nitrogens is 1. The molecule has 1 aromatic carbocycles. The summed E-state index contributed by atoms with van der Waals surface area (Å²) < 4.78 is 1.14. The fourth-order valence-corrected chi connectivity index (χ4v) is 3.20. The van der Waals surface area contributed by atoms with Crippen molar-refractivity contribution in [2.75, 3.05) is 17.6 Å². The number of hydrogen-bond donors (Lipinski definition) is 1. The first-order chi connectivity index (χ1) is 8.24. The Balaban J connectivity index is 1.71. The molecule has 0 bridgehead atoms. The second-order valence-corrected chi connectivity index (χ2v) is 6.17. The Hall–Kier alpha value is -0.710. The molecule has 2 aromatic rings. The second-order valence-electron chi connectivity index (χ2n) is 3.54. The summed E-state index contributed by atoms with van der Waals surface area (Å²) in [5, 5.41) is 6.19. The van der Waals surface area contributed by atoms with Crippen molar-refractivity contribution < 1.29 is 0 Å². The quantitative estimate of drug-likeness (QED) is 0.654. The van der Waals surface area contributed by atoms with Gasteiger partial charge in [0.2, 0.25) is 0 Å². The minimum absolute atomic E-state index is 0.767. The van der Waals surface area contributed by atoms with E-state index in [-0.39, 0.29) is 0 Å². The Kier molecular flexibility index (Phi) is 4.71. The average Bonchev–Trinajstić information content (AvgIpc) is 2.73. The molecule has 0 saturated carbocycles. The lowest BCUT2D eigenvalue weighted by Crippen LogP contribution is -2.03. The van der Waals surface area contributed by atoms with Gasteiger partial charge in [-0.15, -0.1) is 11.3 Å². The number of nitrogens with one attached hydrogen (secondary N) is 1. The molecule has 2 rings (SSSR count). The van der Waals surface area contributed by atoms with Crippen LogP contribution in [-0.2, 0) is 0 Å². The van der Waals surface area contributed by atoms with E-state index in [1.54, 1.807) is 23.1 Å². The molecular weight excluding hydrogens is 272 g/mol. The third kappa shape index (κ3) is 4.22. The van der Waals surface area contributed by atoms with E-state index in [1.807, 2.05) is 31.2 Å². The van der Waals surface area contributed by atoms with Gasteiger partial charge < -0.3 is 5.32 Å². The fourth-order valence-electron chi connectivity index (χ4n) is 1.30. The molecule has 0 aliphatic heterocycles. The van der Waals surface area contributed by atoms with Crippen molar-refractivity contribution in [2.24, 2.45) is 0 Å². The number of rotatable bonds is 5. The molecule has 0 unspecified atom stereocenters. The van der Waals surface area contributed by atoms with Crippen molar-refractivity contribution in [1.29, 1.82) is 0 Å². The van der Waals surface area contributed by atoms with Crippen molar-refractivity contribution >= 4 is 40.4 Å². The van der Waals surface area contributed by atoms with Crippen LogP contribution < -0.4 is 5.32 Å². The van der Waals surface area contributed by atoms with Crippen LogP contribution in [0.4, 0.5) is 5.69 Å². The summed E-state index contributed by atoms with van der Waals surface area (Å²) in [5.74, 6) is 1.01. The van der Waals surface area contributed by atoms with E-state index in [0.29, 0.717) is 0 Å². The topological polar surface area (TPSA) is 24.9 Å². The molecule has 1 N–H and O–H groups in total. The predicted molar refractivity (Wildman–Crippen MR) is 77.5 cm³/mol. The molecule has 0 radical (unpaired) electrons. The summed E-state index contributed by atoms with van der Waals surface area (Å²) >= 11 is 9.30. The zero-order valence-electron chi connectivity index (χ0n) is 9.44. The van der Waals surface area contributed by atoms with Gasteiger partial charge in [0.15, 0.2) is 0 Å². The Bertz CT molecular complexity index is 468. The lowest BCUT2D eigenvalue weighted by molar-refractivity contribution is 1.15. The van der Waals surface area contributed by atoms with Gasteiger partial charge in [-0.1, -0.05) is 23.4 Å². The molecule has 2 nitrogen and oxygen atoms in total. The van der Waals surface area contributed by atoms with Crippen LogP contribution in [0.1, 0.15) is 5.69 Å². The van der Waals surface area contributed by atoms with Gasteiger partial charge >= 0.3 is 0 Å². The molecule has 0 aliphatic rings. The second kappa shape index (κ2) is 6.28. The summed E-state index contributed by atoms with van der Waals surface area (Å²) in [6, 6.07) is 7.75. The molecule has 0 spiro atoms. The van der Waals surface area contributed by atoms with Gasteiger partial charge in [-0.2, -0.15) is 0 Å². The van der Waals surface area contributed by atoms with Crippen LogP contribution in [0.3, 0.4) is 0 Å². The largest absolute Gasteiger partial charge is 0.384 e. The van der Waals surface area contributed by atoms with Gasteiger partial charge in [-0.25, -0.2) is 4.98 Å². The molecule has 0 saturated heterocycles. The predicted octanol–water partition coefficient (Wildman–Crippen LogP) is 4.31. The third-order valence-corrected chi connectivity index (χ3v) is 4.49. The first kappa shape index (κ1) is 12.7. The molecule has 0 atom stereocenters. The minimum Gasteiger partial charge on any atom is -0.384 e. The first-order valence-electron chi connectivity index (χ1n) is 5.28. The van der Waals surface area contributed by atoms with E-state index >= 15 is 0 Å². The molecule has 0 amide bonds. The zero-order chi connectivity index (χ0) is 12.1. The van der Waals surface area contributed by atoms with Crippen molar-refractivity contribution in [3.8, 4) is 0 Å². The van der Waals surface area contributed by atoms with Crippen molar-refractivity contribution in [1.82, 2.24) is 4.98 Å². The highest BCUT2D eigenvalue weighted by atomic mass is 35.5. The number of thioether (sulfide) groups is 1. The highest BCUT2D eigenvalue weighted by molar-refractivity contribution is 8.01. The molecule has 90 valence electrons. The average molecular weight is 285 g/mol. The van der Waals surface area contributed by atoms with Crippen LogP contribution in [0.15, 0.2) is 34.0 Å². The summed E-state index contributed by atoms with van der Waals surface area (Å²) in [6.07, 6.45) is 0. The Morgan fingerprint density at radius 2 is 2.12 bits per heavy atom. The summed E-state index contributed by atoms with van der Waals surface area (Å²) in [7, 11) is 0. The van der Waals surface area contributed by atoms with Gasteiger partial charge in [-0.3, -0.25) is 0 Å². The zero-order valence-corrected chi connectivity index (χ0v) is 11.8. The summed E-state index contributed by atoms with van der Waals surface area (Å²) in [5.41, 5.74) is 2.20. The van der Waals surface area contributed by atoms with Gasteiger partial charge in [0.25, 0.3) is 0 Å². The van der Waals surface area contributed by atoms with Crippen molar-refractivity contribution in [3.63, 3.8) is 0 Å². The lowest BCUT2D eigenvalue weighted by atomic mass is 10.3. The number of anilines is 1. The Labute approximate surface area is 114 Å². The van der Waals surface area contributed by atoms with E-state index in [0.717, 1.165) is 33.0 Å². The van der Waals surface area contributed by atoms with Gasteiger partial charge in [0.1, 0.15) is 4.34 Å². The Morgan fingerprint density at radius 3 is 2.76 bits per heavy atom. The normalized spacial score (nSPS) is 10.5. The Morgan fingerprint density at radius 1 is 1.35 bits per heavy atom. The smallest absolute Gasteiger partial charge is 0.150 e. The van der Waals surface area contributed by atoms with Crippen LogP contribution in [0.5, 0.6) is 0 Å². The number of halogens is 1. The molecule has 0 fully saturated rings. The highest BCUT2D eigenvalue weighted by Gasteiger charge is 1.98. The maximum absolute atomic E-state index is 5.82. The first-order valence-corrected chi connectivity index (χ1v) is 7.53. The minimum atomic E-state index is 0.767. The van der Waals surface area contributed by atoms with Crippen LogP contribution in [0.2, 0.25) is 5.02 Å². The van der Waals surface area contributed by atoms with Gasteiger partial charge in [0, 0.05) is 34.1 Å². The van der Waals surface area contributed by atoms with E-state index < -0.39 is 0 Å². The molecule has 17 heavy (non-hydrogen) atoms. The number of hydrogen-bond acceptors (Lipinski definition) is 4. The molecular formula is C12H13ClN2S2. The van der Waals surface area contributed by atoms with E-state index in [1.165, 1.54) is 0 Å². The number of benzene rings is 1. The van der Waals surface area contributed by atoms with E-state index in [9.17, 15) is 0 Å². The molecule has 5 heteroatoms. The number of nitrogens with zero attached hydrogens (tertiary/aromatic N) is 1. The summed E-state index contributed by atoms with van der Waals surface area (Å²) in [6.45, 7) is 2.94. The van der Waals surface area contributed by atoms with Crippen molar-refractivity contribution in [3.05, 3.63) is 40.4 Å². The maximum Gasteiger partial charge on any atom is 0.150 e. The van der Waals surface area contributed by atoms with Gasteiger partial charge in [-0.05, 0) is 31.2 Å². The van der Waals surface area contributed by atoms with Crippen LogP contribution >= 0.6 is 34.7 Å². The monoisotopic (exact) mass is 284 g/mol. The summed E-state index contributed by atoms with van der Waals surface area (Å²) in [4.78, 5) is 4.40. The highest BCUT2D eigenvalue weighted by Crippen LogP contribution is 2.22.